The van der Waals surface area contributed by atoms with Crippen LogP contribution in [0.15, 0.2) is 165 Å². The number of fused-ring (bicyclic) bond motifs is 9. The summed E-state index contributed by atoms with van der Waals surface area (Å²) in [6.45, 7) is 13.7. The van der Waals surface area contributed by atoms with E-state index in [0.29, 0.717) is 0 Å². The molecular weight excluding hydrogens is 925 g/mol. The van der Waals surface area contributed by atoms with Crippen LogP contribution in [-0.2, 0) is 36.4 Å². The molecular formula is C54H45IrN6. The number of benzene rings is 6. The maximum absolute atomic E-state index is 4.29. The average Bonchev–Trinajstić information content (AvgIpc) is 4.15. The molecule has 3 heterocycles. The molecule has 0 aliphatic heterocycles. The van der Waals surface area contributed by atoms with Crippen molar-refractivity contribution in [2.75, 3.05) is 0 Å². The third kappa shape index (κ3) is 6.64. The Labute approximate surface area is 371 Å². The normalized spacial score (nSPS) is 14.7. The molecule has 0 N–H and O–H groups in total. The molecule has 7 heteroatoms. The first-order valence-electron chi connectivity index (χ1n) is 20.5. The van der Waals surface area contributed by atoms with Gasteiger partial charge >= 0.3 is 20.1 Å². The Morgan fingerprint density at radius 2 is 0.639 bits per heavy atom. The summed E-state index contributed by atoms with van der Waals surface area (Å²) >= 11 is 0. The van der Waals surface area contributed by atoms with Gasteiger partial charge < -0.3 is 0 Å². The van der Waals surface area contributed by atoms with Crippen LogP contribution in [0.2, 0.25) is 0 Å². The summed E-state index contributed by atoms with van der Waals surface area (Å²) in [5, 5.41) is 12.9. The van der Waals surface area contributed by atoms with Crippen molar-refractivity contribution < 1.29 is 20.1 Å². The Morgan fingerprint density at radius 1 is 0.361 bits per heavy atom. The Bertz CT molecular complexity index is 2680. The Hall–Kier alpha value is -6.40. The van der Waals surface area contributed by atoms with Crippen LogP contribution in [0, 0.1) is 18.2 Å². The van der Waals surface area contributed by atoms with E-state index in [9.17, 15) is 0 Å². The van der Waals surface area contributed by atoms with Crippen LogP contribution < -0.4 is 0 Å². The third-order valence-electron chi connectivity index (χ3n) is 12.8. The number of aromatic nitrogens is 6. The fourth-order valence-electron chi connectivity index (χ4n) is 9.51. The van der Waals surface area contributed by atoms with E-state index in [0.717, 1.165) is 17.1 Å². The van der Waals surface area contributed by atoms with Gasteiger partial charge in [0.25, 0.3) is 0 Å². The molecule has 6 aromatic carbocycles. The molecule has 6 nitrogen and oxygen atoms in total. The minimum absolute atomic E-state index is 0. The quantitative estimate of drug-likeness (QED) is 0.166. The standard InChI is InChI=1S/3C18H15N2.Ir/c3*1-18(2)16-7-4-3-6-14(16)15-9-8-13(12-17(15)18)20-11-5-10-19-20;/h3*3-7,9-12H,1-2H3;/q3*-1;+3. The van der Waals surface area contributed by atoms with Gasteiger partial charge in [-0.1, -0.05) is 131 Å². The van der Waals surface area contributed by atoms with Crippen LogP contribution in [-0.4, -0.2) is 29.3 Å². The van der Waals surface area contributed by atoms with E-state index in [1.54, 1.807) is 18.6 Å². The molecule has 3 aliphatic carbocycles. The largest absolute Gasteiger partial charge is 3.00 e. The molecule has 300 valence electrons. The van der Waals surface area contributed by atoms with Gasteiger partial charge in [-0.3, -0.25) is 14.0 Å². The average molecular weight is 970 g/mol. The van der Waals surface area contributed by atoms with E-state index in [4.69, 9.17) is 0 Å². The van der Waals surface area contributed by atoms with Gasteiger partial charge in [0.15, 0.2) is 0 Å². The number of rotatable bonds is 3. The van der Waals surface area contributed by atoms with Gasteiger partial charge in [0.2, 0.25) is 0 Å². The van der Waals surface area contributed by atoms with Crippen molar-refractivity contribution in [2.24, 2.45) is 0 Å². The topological polar surface area (TPSA) is 53.5 Å². The predicted octanol–water partition coefficient (Wildman–Crippen LogP) is 11.9. The Balaban J connectivity index is 0.000000116. The van der Waals surface area contributed by atoms with Crippen LogP contribution in [0.25, 0.3) is 50.4 Å². The van der Waals surface area contributed by atoms with E-state index in [1.807, 2.05) is 50.8 Å². The summed E-state index contributed by atoms with van der Waals surface area (Å²) in [6.07, 6.45) is 11.2. The SMILES string of the molecule is CC1(C)c2ccccc2-c2c[c-]c(-n3cccn3)cc21.CC1(C)c2ccccc2-c2c[c-]c(-n3cccn3)cc21.CC1(C)c2ccccc2-c2c[c-]c(-n3cccn3)cc21.[Ir+3]. The molecule has 0 atom stereocenters. The molecule has 0 bridgehead atoms. The zero-order valence-electron chi connectivity index (χ0n) is 35.1. The van der Waals surface area contributed by atoms with Gasteiger partial charge in [0.05, 0.1) is 0 Å². The van der Waals surface area contributed by atoms with Gasteiger partial charge in [-0.05, 0) is 68.2 Å². The molecule has 0 saturated heterocycles. The maximum Gasteiger partial charge on any atom is 3.00 e. The van der Waals surface area contributed by atoms with E-state index in [1.165, 1.54) is 66.8 Å². The molecule has 0 unspecified atom stereocenters. The Morgan fingerprint density at radius 3 is 0.902 bits per heavy atom. The van der Waals surface area contributed by atoms with Crippen LogP contribution in [0.4, 0.5) is 0 Å². The molecule has 12 rings (SSSR count). The summed E-state index contributed by atoms with van der Waals surface area (Å²) in [6, 6.07) is 54.7. The van der Waals surface area contributed by atoms with Gasteiger partial charge in [-0.2, -0.15) is 51.7 Å². The monoisotopic (exact) mass is 970 g/mol. The van der Waals surface area contributed by atoms with Gasteiger partial charge in [0.1, 0.15) is 0 Å². The van der Waals surface area contributed by atoms with Crippen LogP contribution >= 0.6 is 0 Å². The second-order valence-electron chi connectivity index (χ2n) is 17.3. The zero-order valence-corrected chi connectivity index (χ0v) is 37.5. The van der Waals surface area contributed by atoms with Crippen molar-refractivity contribution in [2.45, 2.75) is 57.8 Å². The first kappa shape index (κ1) is 40.0. The molecule has 61 heavy (non-hydrogen) atoms. The number of hydrogen-bond donors (Lipinski definition) is 0. The fraction of sp³-hybridized carbons (Fsp3) is 0.167. The second kappa shape index (κ2) is 15.3. The molecule has 0 spiro atoms. The molecule has 3 aromatic heterocycles. The van der Waals surface area contributed by atoms with Gasteiger partial charge in [-0.15, -0.1) is 51.6 Å². The van der Waals surface area contributed by atoms with Crippen LogP contribution in [0.5, 0.6) is 0 Å². The Kier molecular flexibility index (Phi) is 10.0. The molecule has 0 radical (unpaired) electrons. The van der Waals surface area contributed by atoms with E-state index >= 15 is 0 Å². The van der Waals surface area contributed by atoms with Gasteiger partial charge in [0, 0.05) is 37.2 Å². The van der Waals surface area contributed by atoms with E-state index in [-0.39, 0.29) is 36.4 Å². The van der Waals surface area contributed by atoms with Crippen molar-refractivity contribution >= 4 is 0 Å². The molecule has 0 fully saturated rings. The summed E-state index contributed by atoms with van der Waals surface area (Å²) in [5.41, 5.74) is 19.2. The molecule has 0 amide bonds. The van der Waals surface area contributed by atoms with Gasteiger partial charge in [-0.25, -0.2) is 0 Å². The summed E-state index contributed by atoms with van der Waals surface area (Å²) < 4.78 is 5.58. The number of hydrogen-bond acceptors (Lipinski definition) is 3. The van der Waals surface area contributed by atoms with Crippen LogP contribution in [0.3, 0.4) is 0 Å². The summed E-state index contributed by atoms with van der Waals surface area (Å²) in [4.78, 5) is 0. The fourth-order valence-corrected chi connectivity index (χ4v) is 9.51. The first-order chi connectivity index (χ1) is 29.0. The molecule has 3 aliphatic rings. The second-order valence-corrected chi connectivity index (χ2v) is 17.3. The number of nitrogens with zero attached hydrogens (tertiary/aromatic N) is 6. The van der Waals surface area contributed by atoms with Crippen molar-refractivity contribution in [3.8, 4) is 50.4 Å². The summed E-state index contributed by atoms with van der Waals surface area (Å²) in [7, 11) is 0. The first-order valence-corrected chi connectivity index (χ1v) is 20.5. The van der Waals surface area contributed by atoms with Crippen molar-refractivity contribution in [3.63, 3.8) is 0 Å². The zero-order chi connectivity index (χ0) is 41.2. The van der Waals surface area contributed by atoms with Crippen LogP contribution in [0.1, 0.15) is 74.9 Å². The maximum atomic E-state index is 4.29. The van der Waals surface area contributed by atoms with Crippen molar-refractivity contribution in [1.82, 2.24) is 29.3 Å². The van der Waals surface area contributed by atoms with E-state index < -0.39 is 0 Å². The van der Waals surface area contributed by atoms with E-state index in [2.05, 4.69) is 184 Å². The smallest absolute Gasteiger partial charge is 0.266 e. The minimum Gasteiger partial charge on any atom is -0.266 e. The molecule has 0 saturated carbocycles. The van der Waals surface area contributed by atoms with Crippen molar-refractivity contribution in [3.05, 3.63) is 216 Å². The summed E-state index contributed by atoms with van der Waals surface area (Å²) in [5.74, 6) is 0. The predicted molar refractivity (Wildman–Crippen MR) is 240 cm³/mol. The minimum atomic E-state index is 0. The van der Waals surface area contributed by atoms with Crippen molar-refractivity contribution in [1.29, 1.82) is 0 Å². The third-order valence-corrected chi connectivity index (χ3v) is 12.8. The molecule has 9 aromatic rings.